The molecule has 2 aromatic heterocycles. The Morgan fingerprint density at radius 2 is 1.50 bits per heavy atom. The molecule has 8 atom stereocenters. The van der Waals surface area contributed by atoms with Crippen molar-refractivity contribution in [2.24, 2.45) is 5.41 Å². The summed E-state index contributed by atoms with van der Waals surface area (Å²) in [5, 5.41) is 26.5. The van der Waals surface area contributed by atoms with Gasteiger partial charge in [0.05, 0.1) is 19.5 Å². The fraction of sp³-hybridized carbons (Fsp3) is 0.771. The number of hydrogen-bond donors (Lipinski definition) is 6. The average molecular weight is 996 g/mol. The summed E-state index contributed by atoms with van der Waals surface area (Å²) in [5.74, 6) is -1.11. The SMILES string of the molecule is CCCCCCCCCCCCCC(=O)SCCNC(=O)CCNC(=O)C(O)C(C)(C)COP(=O)([O-])OP(=O)([O-])OCC1OC(n2cnc3c(N)ncnc32)C(O)C1OP(=O)([O-])O.[Li+].[Li+].[Li+]. The summed E-state index contributed by atoms with van der Waals surface area (Å²) in [6.07, 6.45) is 6.22. The van der Waals surface area contributed by atoms with Gasteiger partial charge in [-0.3, -0.25) is 32.6 Å². The number of aliphatic hydroxyl groups excluding tert-OH is 2. The zero-order valence-corrected chi connectivity index (χ0v) is 41.9. The summed E-state index contributed by atoms with van der Waals surface area (Å²) in [7, 11) is -17.3. The third-order valence-corrected chi connectivity index (χ3v) is 13.7. The molecule has 360 valence electrons. The van der Waals surface area contributed by atoms with E-state index in [1.54, 1.807) is 0 Å². The van der Waals surface area contributed by atoms with Gasteiger partial charge in [0, 0.05) is 37.1 Å². The standard InChI is InChI=1S/C35H62N7O17P3S.3Li/c1-4-5-6-7-8-9-10-11-12-13-14-15-26(44)63-19-18-37-25(43)16-17-38-33(47)30(46)35(2,3)21-56-62(53,54)59-61(51,52)55-20-24-29(58-60(48,49)50)28(45)34(57-24)42-23-41-27-31(36)39-22-40-32(27)42;;;/h22-24,28-30,34,45-46H,4-21H2,1-3H3,(H,37,43)(H,38,47)(H,51,52)(H,53,54)(H2,36,39,40)(H2,48,49,50);;;/q;3*+1/p-3. The predicted octanol–water partition coefficient (Wildman–Crippen LogP) is -7.52. The molecule has 3 heterocycles. The van der Waals surface area contributed by atoms with Crippen molar-refractivity contribution in [1.82, 2.24) is 30.2 Å². The Morgan fingerprint density at radius 3 is 2.11 bits per heavy atom. The molecule has 0 radical (unpaired) electrons. The molecule has 0 spiro atoms. The minimum absolute atomic E-state index is 0. The number of phosphoric acid groups is 3. The number of nitrogens with one attached hydrogen (secondary N) is 2. The number of amides is 2. The number of nitrogens with two attached hydrogens (primary N) is 1. The maximum Gasteiger partial charge on any atom is 1.00 e. The van der Waals surface area contributed by atoms with Gasteiger partial charge in [-0.2, -0.15) is 0 Å². The summed E-state index contributed by atoms with van der Waals surface area (Å²) < 4.78 is 61.1. The normalized spacial score (nSPS) is 20.4. The van der Waals surface area contributed by atoms with E-state index in [0.717, 1.165) is 48.2 Å². The number of nitrogen functional groups attached to an aromatic ring is 1. The molecule has 1 aliphatic heterocycles. The van der Waals surface area contributed by atoms with Crippen molar-refractivity contribution in [2.75, 3.05) is 37.8 Å². The van der Waals surface area contributed by atoms with Crippen LogP contribution < -0.4 is 87.6 Å². The van der Waals surface area contributed by atoms with E-state index in [9.17, 15) is 57.9 Å². The van der Waals surface area contributed by atoms with Crippen molar-refractivity contribution in [3.63, 3.8) is 0 Å². The van der Waals surface area contributed by atoms with Crippen LogP contribution in [0.15, 0.2) is 12.7 Å². The molecule has 7 N–H and O–H groups in total. The third-order valence-electron chi connectivity index (χ3n) is 9.73. The molecular formula is C35H59Li3N7O17P3S. The van der Waals surface area contributed by atoms with Crippen LogP contribution in [0.5, 0.6) is 0 Å². The first-order valence-corrected chi connectivity index (χ1v) is 26.0. The fourth-order valence-corrected chi connectivity index (χ4v) is 9.75. The molecule has 31 heteroatoms. The number of nitrogens with zero attached hydrogens (tertiary/aromatic N) is 4. The number of aliphatic hydroxyl groups is 2. The summed E-state index contributed by atoms with van der Waals surface area (Å²) in [6, 6.07) is 0. The first kappa shape index (κ1) is 65.4. The van der Waals surface area contributed by atoms with Gasteiger partial charge in [0.25, 0.3) is 23.5 Å². The zero-order chi connectivity index (χ0) is 46.8. The monoisotopic (exact) mass is 995 g/mol. The smallest absolute Gasteiger partial charge is 0.756 e. The fourth-order valence-electron chi connectivity index (χ4n) is 6.28. The van der Waals surface area contributed by atoms with E-state index >= 15 is 0 Å². The number of carbonyl (C=O) groups is 3. The number of imidazole rings is 1. The van der Waals surface area contributed by atoms with Gasteiger partial charge in [0.15, 0.2) is 22.8 Å². The van der Waals surface area contributed by atoms with E-state index in [4.69, 9.17) is 10.5 Å². The van der Waals surface area contributed by atoms with Crippen molar-refractivity contribution in [2.45, 2.75) is 135 Å². The molecule has 2 aromatic rings. The molecule has 1 saturated heterocycles. The Morgan fingerprint density at radius 1 is 0.909 bits per heavy atom. The van der Waals surface area contributed by atoms with Crippen molar-refractivity contribution >= 4 is 69.1 Å². The van der Waals surface area contributed by atoms with Crippen molar-refractivity contribution < 1.29 is 137 Å². The first-order chi connectivity index (χ1) is 29.6. The van der Waals surface area contributed by atoms with Crippen LogP contribution >= 0.6 is 35.2 Å². The van der Waals surface area contributed by atoms with Gasteiger partial charge >= 0.3 is 56.6 Å². The van der Waals surface area contributed by atoms with Crippen molar-refractivity contribution in [1.29, 1.82) is 0 Å². The van der Waals surface area contributed by atoms with Crippen LogP contribution in [0.1, 0.15) is 110 Å². The molecule has 0 aromatic carbocycles. The molecule has 1 aliphatic rings. The number of aromatic nitrogens is 4. The Kier molecular flexibility index (Phi) is 31.3. The molecule has 0 saturated carbocycles. The number of carbonyl (C=O) groups excluding carboxylic acids is 3. The van der Waals surface area contributed by atoms with Gasteiger partial charge in [-0.1, -0.05) is 96.7 Å². The van der Waals surface area contributed by atoms with Crippen LogP contribution in [0.4, 0.5) is 5.82 Å². The number of unbranched alkanes of at least 4 members (excludes halogenated alkanes) is 10. The van der Waals surface area contributed by atoms with Crippen molar-refractivity contribution in [3.8, 4) is 0 Å². The van der Waals surface area contributed by atoms with Gasteiger partial charge in [-0.25, -0.2) is 19.3 Å². The van der Waals surface area contributed by atoms with E-state index in [1.807, 2.05) is 0 Å². The van der Waals surface area contributed by atoms with Gasteiger partial charge in [-0.15, -0.1) is 0 Å². The second kappa shape index (κ2) is 31.6. The Hall–Kier alpha value is -0.648. The van der Waals surface area contributed by atoms with Crippen LogP contribution in [0.25, 0.3) is 11.2 Å². The minimum atomic E-state index is -5.90. The maximum atomic E-state index is 12.6. The second-order valence-corrected chi connectivity index (χ2v) is 20.8. The number of thioether (sulfide) groups is 1. The van der Waals surface area contributed by atoms with Gasteiger partial charge in [-0.05, 0) is 6.42 Å². The molecular weight excluding hydrogens is 936 g/mol. The number of phosphoric ester groups is 3. The summed E-state index contributed by atoms with van der Waals surface area (Å²) in [4.78, 5) is 94.6. The first-order valence-electron chi connectivity index (χ1n) is 20.5. The Balaban J connectivity index is 0.0000141. The van der Waals surface area contributed by atoms with Gasteiger partial charge in [0.2, 0.25) is 11.8 Å². The van der Waals surface area contributed by atoms with E-state index in [0.29, 0.717) is 12.2 Å². The molecule has 2 amide bonds. The Labute approximate surface area is 424 Å². The van der Waals surface area contributed by atoms with E-state index < -0.39 is 84.6 Å². The largest absolute Gasteiger partial charge is 1.00 e. The van der Waals surface area contributed by atoms with Crippen LogP contribution in [0.3, 0.4) is 0 Å². The van der Waals surface area contributed by atoms with Gasteiger partial charge < -0.3 is 64.5 Å². The molecule has 1 fully saturated rings. The molecule has 0 bridgehead atoms. The average Bonchev–Trinajstić information content (AvgIpc) is 3.76. The summed E-state index contributed by atoms with van der Waals surface area (Å²) in [6.45, 7) is 2.44. The van der Waals surface area contributed by atoms with E-state index in [-0.39, 0.29) is 98.2 Å². The topological polar surface area (TPSA) is 372 Å². The number of anilines is 1. The quantitative estimate of drug-likeness (QED) is 0.0232. The molecule has 3 rings (SSSR count). The number of rotatable bonds is 31. The number of ether oxygens (including phenoxy) is 1. The molecule has 66 heavy (non-hydrogen) atoms. The van der Waals surface area contributed by atoms with Crippen LogP contribution in [0, 0.1) is 5.41 Å². The van der Waals surface area contributed by atoms with E-state index in [1.165, 1.54) is 65.2 Å². The van der Waals surface area contributed by atoms with Crippen LogP contribution in [0.2, 0.25) is 0 Å². The van der Waals surface area contributed by atoms with Crippen molar-refractivity contribution in [3.05, 3.63) is 12.7 Å². The number of hydrogen-bond acceptors (Lipinski definition) is 21. The minimum Gasteiger partial charge on any atom is -0.756 e. The van der Waals surface area contributed by atoms with Crippen LogP contribution in [-0.4, -0.2) is 108 Å². The molecule has 24 nitrogen and oxygen atoms in total. The maximum absolute atomic E-state index is 12.6. The van der Waals surface area contributed by atoms with E-state index in [2.05, 4.69) is 50.4 Å². The zero-order valence-electron chi connectivity index (χ0n) is 38.4. The Bertz CT molecular complexity index is 1940. The molecule has 0 aliphatic carbocycles. The van der Waals surface area contributed by atoms with Gasteiger partial charge in [0.1, 0.15) is 36.3 Å². The summed E-state index contributed by atoms with van der Waals surface area (Å²) in [5.41, 5.74) is 4.13. The predicted molar refractivity (Wildman–Crippen MR) is 222 cm³/mol. The summed E-state index contributed by atoms with van der Waals surface area (Å²) >= 11 is 1.14. The second-order valence-electron chi connectivity index (χ2n) is 15.5. The van der Waals surface area contributed by atoms with Crippen LogP contribution in [-0.2, 0) is 50.7 Å². The number of fused-ring (bicyclic) bond motifs is 1. The third kappa shape index (κ3) is 23.5. The molecule has 8 unspecified atom stereocenters.